The van der Waals surface area contributed by atoms with E-state index in [0.717, 1.165) is 22.3 Å². The molecular weight excluding hydrogens is 316 g/mol. The van der Waals surface area contributed by atoms with E-state index in [1.807, 2.05) is 24.3 Å². The van der Waals surface area contributed by atoms with Crippen molar-refractivity contribution >= 4 is 0 Å². The number of aromatic nitrogens is 2. The van der Waals surface area contributed by atoms with E-state index in [1.54, 1.807) is 24.8 Å². The van der Waals surface area contributed by atoms with Gasteiger partial charge in [0.25, 0.3) is 0 Å². The van der Waals surface area contributed by atoms with Crippen LogP contribution in [0.3, 0.4) is 0 Å². The van der Waals surface area contributed by atoms with Crippen LogP contribution in [-0.2, 0) is 0 Å². The molecule has 3 aromatic rings. The Hall–Kier alpha value is -3.36. The molecule has 126 valence electrons. The number of rotatable bonds is 0. The minimum absolute atomic E-state index is 0.968. The molecule has 2 heteroatoms. The first-order valence-corrected chi connectivity index (χ1v) is 8.52. The number of nitrogens with zero attached hydrogens (tertiary/aromatic N) is 2. The lowest BCUT2D eigenvalue weighted by molar-refractivity contribution is 1.20. The molecule has 0 fully saturated rings. The van der Waals surface area contributed by atoms with Crippen LogP contribution in [0.1, 0.15) is 44.5 Å². The van der Waals surface area contributed by atoms with Crippen LogP contribution < -0.4 is 0 Å². The first-order valence-electron chi connectivity index (χ1n) is 8.52. The first-order chi connectivity index (χ1) is 12.6. The second-order valence-corrected chi connectivity index (χ2v) is 6.22. The monoisotopic (exact) mass is 336 g/mol. The molecule has 0 saturated carbocycles. The van der Waals surface area contributed by atoms with Gasteiger partial charge in [-0.3, -0.25) is 9.97 Å². The minimum Gasteiger partial charge on any atom is -0.265 e. The van der Waals surface area contributed by atoms with Crippen LogP contribution in [0.15, 0.2) is 49.1 Å². The van der Waals surface area contributed by atoms with E-state index in [4.69, 9.17) is 0 Å². The lowest BCUT2D eigenvalue weighted by atomic mass is 9.89. The van der Waals surface area contributed by atoms with Crippen molar-refractivity contribution in [2.75, 3.05) is 0 Å². The van der Waals surface area contributed by atoms with Gasteiger partial charge < -0.3 is 0 Å². The Labute approximate surface area is 155 Å². The maximum Gasteiger partial charge on any atom is 0.0313 e. The van der Waals surface area contributed by atoms with E-state index in [-0.39, 0.29) is 0 Å². The molecule has 0 atom stereocenters. The van der Waals surface area contributed by atoms with Gasteiger partial charge >= 0.3 is 0 Å². The predicted molar refractivity (Wildman–Crippen MR) is 106 cm³/mol. The Bertz CT molecular complexity index is 940. The lowest BCUT2D eigenvalue weighted by Crippen LogP contribution is -2.01. The third-order valence-corrected chi connectivity index (χ3v) is 4.65. The third kappa shape index (κ3) is 3.66. The molecule has 1 aromatic carbocycles. The topological polar surface area (TPSA) is 25.8 Å². The molecule has 2 heterocycles. The highest BCUT2D eigenvalue weighted by molar-refractivity contribution is 5.62. The highest BCUT2D eigenvalue weighted by Crippen LogP contribution is 2.25. The molecule has 0 saturated heterocycles. The zero-order valence-electron chi connectivity index (χ0n) is 15.5. The summed E-state index contributed by atoms with van der Waals surface area (Å²) in [4.78, 5) is 8.07. The summed E-state index contributed by atoms with van der Waals surface area (Å²) >= 11 is 0. The zero-order chi connectivity index (χ0) is 18.5. The molecule has 0 spiro atoms. The zero-order valence-corrected chi connectivity index (χ0v) is 15.5. The van der Waals surface area contributed by atoms with Crippen molar-refractivity contribution in [2.24, 2.45) is 0 Å². The summed E-state index contributed by atoms with van der Waals surface area (Å²) in [6.07, 6.45) is 7.05. The quantitative estimate of drug-likeness (QED) is 0.565. The first kappa shape index (κ1) is 17.5. The van der Waals surface area contributed by atoms with E-state index in [1.165, 1.54) is 22.3 Å². The molecule has 26 heavy (non-hydrogen) atoms. The van der Waals surface area contributed by atoms with Crippen molar-refractivity contribution in [3.8, 4) is 23.7 Å². The number of benzene rings is 1. The van der Waals surface area contributed by atoms with Gasteiger partial charge in [-0.2, -0.15) is 0 Å². The van der Waals surface area contributed by atoms with Gasteiger partial charge in [-0.15, -0.1) is 0 Å². The van der Waals surface area contributed by atoms with Crippen LogP contribution in [0.5, 0.6) is 0 Å². The van der Waals surface area contributed by atoms with Crippen LogP contribution >= 0.6 is 0 Å². The summed E-state index contributed by atoms with van der Waals surface area (Å²) in [6, 6.07) is 7.69. The fourth-order valence-electron chi connectivity index (χ4n) is 2.83. The summed E-state index contributed by atoms with van der Waals surface area (Å²) in [5.41, 5.74) is 8.87. The standard InChI is InChI=1S/C24H20N2/c1-17-18(2)24(8-6-22-11-15-26-16-12-22)20(4)19(3)23(17)7-5-21-9-13-25-14-10-21/h9-16H,1-4H3. The maximum atomic E-state index is 4.03. The van der Waals surface area contributed by atoms with E-state index in [2.05, 4.69) is 61.3 Å². The summed E-state index contributed by atoms with van der Waals surface area (Å²) in [7, 11) is 0. The second-order valence-electron chi connectivity index (χ2n) is 6.22. The SMILES string of the molecule is Cc1c(C)c(C#Cc2ccncc2)c(C)c(C)c1C#Cc1ccncc1. The van der Waals surface area contributed by atoms with Crippen molar-refractivity contribution in [1.82, 2.24) is 9.97 Å². The van der Waals surface area contributed by atoms with Crippen molar-refractivity contribution in [1.29, 1.82) is 0 Å². The molecule has 0 unspecified atom stereocenters. The van der Waals surface area contributed by atoms with Crippen molar-refractivity contribution in [2.45, 2.75) is 27.7 Å². The highest BCUT2D eigenvalue weighted by Gasteiger charge is 2.12. The van der Waals surface area contributed by atoms with E-state index in [0.29, 0.717) is 0 Å². The van der Waals surface area contributed by atoms with Gasteiger partial charge in [-0.25, -0.2) is 0 Å². The van der Waals surface area contributed by atoms with Crippen molar-refractivity contribution in [3.63, 3.8) is 0 Å². The average Bonchev–Trinajstić information content (AvgIpc) is 2.68. The Morgan fingerprint density at radius 3 is 1.12 bits per heavy atom. The second kappa shape index (κ2) is 7.68. The molecule has 3 rings (SSSR count). The van der Waals surface area contributed by atoms with E-state index in [9.17, 15) is 0 Å². The molecule has 0 bridgehead atoms. The Morgan fingerprint density at radius 1 is 0.500 bits per heavy atom. The predicted octanol–water partition coefficient (Wildman–Crippen LogP) is 4.51. The summed E-state index contributed by atoms with van der Waals surface area (Å²) in [6.45, 7) is 8.48. The van der Waals surface area contributed by atoms with Gasteiger partial charge in [0.15, 0.2) is 0 Å². The maximum absolute atomic E-state index is 4.03. The smallest absolute Gasteiger partial charge is 0.0313 e. The fraction of sp³-hybridized carbons (Fsp3) is 0.167. The molecule has 0 aliphatic rings. The Kier molecular flexibility index (Phi) is 5.16. The van der Waals surface area contributed by atoms with Crippen LogP contribution in [0.2, 0.25) is 0 Å². The molecule has 0 aliphatic heterocycles. The van der Waals surface area contributed by atoms with Gasteiger partial charge in [0.1, 0.15) is 0 Å². The van der Waals surface area contributed by atoms with E-state index >= 15 is 0 Å². The average molecular weight is 336 g/mol. The van der Waals surface area contributed by atoms with Gasteiger partial charge in [-0.1, -0.05) is 23.7 Å². The molecular formula is C24H20N2. The van der Waals surface area contributed by atoms with E-state index < -0.39 is 0 Å². The van der Waals surface area contributed by atoms with Crippen LogP contribution in [-0.4, -0.2) is 9.97 Å². The molecule has 0 radical (unpaired) electrons. The summed E-state index contributed by atoms with van der Waals surface area (Å²) in [5, 5.41) is 0. The normalized spacial score (nSPS) is 9.69. The minimum atomic E-state index is 0.968. The summed E-state index contributed by atoms with van der Waals surface area (Å²) in [5.74, 6) is 13.2. The fourth-order valence-corrected chi connectivity index (χ4v) is 2.83. The summed E-state index contributed by atoms with van der Waals surface area (Å²) < 4.78 is 0. The van der Waals surface area contributed by atoms with Crippen LogP contribution in [0, 0.1) is 51.4 Å². The molecule has 0 aliphatic carbocycles. The van der Waals surface area contributed by atoms with Crippen molar-refractivity contribution < 1.29 is 0 Å². The largest absolute Gasteiger partial charge is 0.265 e. The lowest BCUT2D eigenvalue weighted by Gasteiger charge is -2.14. The van der Waals surface area contributed by atoms with Gasteiger partial charge in [0, 0.05) is 47.0 Å². The molecule has 2 nitrogen and oxygen atoms in total. The number of pyridine rings is 2. The Balaban J connectivity index is 2.06. The molecule has 0 amide bonds. The van der Waals surface area contributed by atoms with Crippen LogP contribution in [0.4, 0.5) is 0 Å². The van der Waals surface area contributed by atoms with Gasteiger partial charge in [0.05, 0.1) is 0 Å². The highest BCUT2D eigenvalue weighted by atomic mass is 14.6. The Morgan fingerprint density at radius 2 is 0.808 bits per heavy atom. The molecule has 0 N–H and O–H groups in total. The van der Waals surface area contributed by atoms with Gasteiger partial charge in [-0.05, 0) is 74.2 Å². The van der Waals surface area contributed by atoms with Crippen molar-refractivity contribution in [3.05, 3.63) is 93.6 Å². The third-order valence-electron chi connectivity index (χ3n) is 4.65. The van der Waals surface area contributed by atoms with Crippen LogP contribution in [0.25, 0.3) is 0 Å². The van der Waals surface area contributed by atoms with Gasteiger partial charge in [0.2, 0.25) is 0 Å². The number of hydrogen-bond acceptors (Lipinski definition) is 2. The molecule has 2 aromatic heterocycles. The number of hydrogen-bond donors (Lipinski definition) is 0.